The molecular formula is C19H22BrNO4S. The molecule has 1 atom stereocenters. The van der Waals surface area contributed by atoms with Gasteiger partial charge in [0, 0.05) is 4.47 Å². The van der Waals surface area contributed by atoms with Gasteiger partial charge in [-0.05, 0) is 49.1 Å². The first-order valence-corrected chi connectivity index (χ1v) is 10.7. The van der Waals surface area contributed by atoms with Crippen LogP contribution in [0.5, 0.6) is 0 Å². The molecular weight excluding hydrogens is 418 g/mol. The minimum atomic E-state index is -3.87. The number of carbonyl (C=O) groups excluding carboxylic acids is 1. The summed E-state index contributed by atoms with van der Waals surface area (Å²) in [7, 11) is -3.87. The lowest BCUT2D eigenvalue weighted by Gasteiger charge is -2.19. The number of sulfonamides is 1. The Hall–Kier alpha value is -1.70. The molecule has 140 valence electrons. The molecule has 0 amide bonds. The number of benzene rings is 2. The summed E-state index contributed by atoms with van der Waals surface area (Å²) in [4.78, 5) is 12.5. The second-order valence-corrected chi connectivity index (χ2v) is 8.32. The summed E-state index contributed by atoms with van der Waals surface area (Å²) in [5, 5.41) is 0. The van der Waals surface area contributed by atoms with E-state index >= 15 is 0 Å². The van der Waals surface area contributed by atoms with Crippen molar-refractivity contribution >= 4 is 31.9 Å². The van der Waals surface area contributed by atoms with Crippen molar-refractivity contribution in [2.45, 2.75) is 37.6 Å². The number of ether oxygens (including phenoxy) is 1. The van der Waals surface area contributed by atoms with E-state index in [-0.39, 0.29) is 17.9 Å². The number of halogens is 1. The summed E-state index contributed by atoms with van der Waals surface area (Å²) in [5.41, 5.74) is 1.52. The van der Waals surface area contributed by atoms with Crippen molar-refractivity contribution in [3.05, 3.63) is 64.1 Å². The third kappa shape index (κ3) is 5.40. The molecule has 0 aliphatic heterocycles. The van der Waals surface area contributed by atoms with E-state index in [1.807, 2.05) is 37.3 Å². The van der Waals surface area contributed by atoms with E-state index in [2.05, 4.69) is 20.7 Å². The quantitative estimate of drug-likeness (QED) is 0.639. The molecule has 0 radical (unpaired) electrons. The molecule has 0 heterocycles. The molecule has 2 rings (SSSR count). The van der Waals surface area contributed by atoms with Crippen molar-refractivity contribution in [1.29, 1.82) is 0 Å². The number of aryl methyl sites for hydroxylation is 1. The highest BCUT2D eigenvalue weighted by Gasteiger charge is 2.28. The number of esters is 1. The Balaban J connectivity index is 2.32. The zero-order valence-corrected chi connectivity index (χ0v) is 17.1. The van der Waals surface area contributed by atoms with Gasteiger partial charge in [0.2, 0.25) is 10.0 Å². The first-order chi connectivity index (χ1) is 12.4. The van der Waals surface area contributed by atoms with Gasteiger partial charge < -0.3 is 4.74 Å². The van der Waals surface area contributed by atoms with Crippen LogP contribution in [0.4, 0.5) is 0 Å². The van der Waals surface area contributed by atoms with Crippen LogP contribution in [0.3, 0.4) is 0 Å². The van der Waals surface area contributed by atoms with Crippen LogP contribution in [0.2, 0.25) is 0 Å². The van der Waals surface area contributed by atoms with Gasteiger partial charge >= 0.3 is 5.97 Å². The predicted octanol–water partition coefficient (Wildman–Crippen LogP) is 3.46. The lowest BCUT2D eigenvalue weighted by atomic mass is 10.1. The van der Waals surface area contributed by atoms with Gasteiger partial charge in [0.25, 0.3) is 0 Å². The highest BCUT2D eigenvalue weighted by molar-refractivity contribution is 9.10. The summed E-state index contributed by atoms with van der Waals surface area (Å²) in [5.74, 6) is -0.588. The van der Waals surface area contributed by atoms with E-state index in [1.165, 1.54) is 6.07 Å². The summed E-state index contributed by atoms with van der Waals surface area (Å²) in [6.07, 6.45) is 0.773. The number of carbonyl (C=O) groups is 1. The molecule has 0 aromatic heterocycles. The topological polar surface area (TPSA) is 72.5 Å². The van der Waals surface area contributed by atoms with Gasteiger partial charge in [-0.2, -0.15) is 4.72 Å². The molecule has 0 fully saturated rings. The summed E-state index contributed by atoms with van der Waals surface area (Å²) < 4.78 is 34.2. The van der Waals surface area contributed by atoms with E-state index in [1.54, 1.807) is 19.1 Å². The minimum Gasteiger partial charge on any atom is -0.465 e. The van der Waals surface area contributed by atoms with Gasteiger partial charge in [-0.15, -0.1) is 0 Å². The zero-order valence-electron chi connectivity index (χ0n) is 14.7. The maximum absolute atomic E-state index is 12.9. The standard InChI is InChI=1S/C19H22BrNO4S/c1-3-15-13-16(20)10-11-18(15)26(23,24)21-17(19(22)25-4-2)12-14-8-6-5-7-9-14/h5-11,13,17,21H,3-4,12H2,1-2H3. The van der Waals surface area contributed by atoms with Crippen LogP contribution in [0, 0.1) is 0 Å². The molecule has 0 spiro atoms. The predicted molar refractivity (Wildman–Crippen MR) is 104 cm³/mol. The van der Waals surface area contributed by atoms with Crippen LogP contribution in [0.15, 0.2) is 57.9 Å². The fourth-order valence-electron chi connectivity index (χ4n) is 2.60. The second-order valence-electron chi connectivity index (χ2n) is 5.72. The Morgan fingerprint density at radius 1 is 1.15 bits per heavy atom. The van der Waals surface area contributed by atoms with E-state index in [9.17, 15) is 13.2 Å². The van der Waals surface area contributed by atoms with Crippen LogP contribution in [0.25, 0.3) is 0 Å². The highest BCUT2D eigenvalue weighted by Crippen LogP contribution is 2.22. The Morgan fingerprint density at radius 2 is 1.85 bits per heavy atom. The molecule has 0 saturated heterocycles. The van der Waals surface area contributed by atoms with E-state index in [4.69, 9.17) is 4.74 Å². The maximum atomic E-state index is 12.9. The van der Waals surface area contributed by atoms with Gasteiger partial charge in [-0.1, -0.05) is 53.2 Å². The smallest absolute Gasteiger partial charge is 0.324 e. The van der Waals surface area contributed by atoms with Gasteiger partial charge in [0.05, 0.1) is 11.5 Å². The largest absolute Gasteiger partial charge is 0.465 e. The molecule has 26 heavy (non-hydrogen) atoms. The third-order valence-corrected chi connectivity index (χ3v) is 5.91. The minimum absolute atomic E-state index is 0.172. The van der Waals surface area contributed by atoms with Crippen molar-refractivity contribution in [1.82, 2.24) is 4.72 Å². The van der Waals surface area contributed by atoms with Crippen molar-refractivity contribution < 1.29 is 17.9 Å². The van der Waals surface area contributed by atoms with Crippen LogP contribution in [-0.2, 0) is 32.4 Å². The van der Waals surface area contributed by atoms with E-state index in [0.717, 1.165) is 10.0 Å². The van der Waals surface area contributed by atoms with Gasteiger partial charge in [0.1, 0.15) is 6.04 Å². The Labute approximate surface area is 162 Å². The monoisotopic (exact) mass is 439 g/mol. The molecule has 0 bridgehead atoms. The Kier molecular flexibility index (Phi) is 7.37. The lowest BCUT2D eigenvalue weighted by Crippen LogP contribution is -2.43. The Morgan fingerprint density at radius 3 is 2.46 bits per heavy atom. The normalized spacial score (nSPS) is 12.6. The van der Waals surface area contributed by atoms with E-state index < -0.39 is 22.0 Å². The fraction of sp³-hybridized carbons (Fsp3) is 0.316. The van der Waals surface area contributed by atoms with Crippen molar-refractivity contribution in [2.75, 3.05) is 6.61 Å². The average Bonchev–Trinajstić information content (AvgIpc) is 2.61. The molecule has 5 nitrogen and oxygen atoms in total. The first kappa shape index (κ1) is 20.6. The molecule has 2 aromatic carbocycles. The number of nitrogens with one attached hydrogen (secondary N) is 1. The van der Waals surface area contributed by atoms with Crippen LogP contribution in [-0.4, -0.2) is 27.0 Å². The number of hydrogen-bond acceptors (Lipinski definition) is 4. The van der Waals surface area contributed by atoms with Crippen molar-refractivity contribution in [3.63, 3.8) is 0 Å². The van der Waals surface area contributed by atoms with Gasteiger partial charge in [0.15, 0.2) is 0 Å². The number of hydrogen-bond donors (Lipinski definition) is 1. The van der Waals surface area contributed by atoms with Gasteiger partial charge in [-0.25, -0.2) is 8.42 Å². The average molecular weight is 440 g/mol. The second kappa shape index (κ2) is 9.30. The number of rotatable bonds is 8. The van der Waals surface area contributed by atoms with Crippen molar-refractivity contribution in [3.8, 4) is 0 Å². The van der Waals surface area contributed by atoms with E-state index in [0.29, 0.717) is 12.0 Å². The highest BCUT2D eigenvalue weighted by atomic mass is 79.9. The SMILES string of the molecule is CCOC(=O)C(Cc1ccccc1)NS(=O)(=O)c1ccc(Br)cc1CC. The van der Waals surface area contributed by atoms with Crippen molar-refractivity contribution in [2.24, 2.45) is 0 Å². The summed E-state index contributed by atoms with van der Waals surface area (Å²) >= 11 is 3.35. The molecule has 1 unspecified atom stereocenters. The molecule has 2 aromatic rings. The molecule has 0 aliphatic rings. The van der Waals surface area contributed by atoms with Crippen LogP contribution in [0.1, 0.15) is 25.0 Å². The van der Waals surface area contributed by atoms with Gasteiger partial charge in [-0.3, -0.25) is 4.79 Å². The zero-order chi connectivity index (χ0) is 19.2. The molecule has 7 heteroatoms. The molecule has 1 N–H and O–H groups in total. The third-order valence-electron chi connectivity index (χ3n) is 3.84. The van der Waals surface area contributed by atoms with Crippen LogP contribution >= 0.6 is 15.9 Å². The van der Waals surface area contributed by atoms with Crippen LogP contribution < -0.4 is 4.72 Å². The summed E-state index contributed by atoms with van der Waals surface area (Å²) in [6.45, 7) is 3.76. The maximum Gasteiger partial charge on any atom is 0.324 e. The lowest BCUT2D eigenvalue weighted by molar-refractivity contribution is -0.145. The molecule has 0 saturated carbocycles. The summed E-state index contributed by atoms with van der Waals surface area (Å²) in [6, 6.07) is 13.2. The Bertz CT molecular complexity index is 853. The molecule has 0 aliphatic carbocycles. The fourth-order valence-corrected chi connectivity index (χ4v) is 4.49. The first-order valence-electron chi connectivity index (χ1n) is 8.38.